The van der Waals surface area contributed by atoms with Crippen LogP contribution in [0.25, 0.3) is 0 Å². The molecule has 2 N–H and O–H groups in total. The first-order valence-electron chi connectivity index (χ1n) is 7.28. The summed E-state index contributed by atoms with van der Waals surface area (Å²) in [5.41, 5.74) is 0. The van der Waals surface area contributed by atoms with Crippen molar-refractivity contribution >= 4 is 5.91 Å². The minimum atomic E-state index is -0.0391. The Kier molecular flexibility index (Phi) is 7.34. The van der Waals surface area contributed by atoms with Crippen molar-refractivity contribution in [2.24, 2.45) is 5.92 Å². The van der Waals surface area contributed by atoms with Crippen LogP contribution in [-0.4, -0.2) is 63.3 Å². The van der Waals surface area contributed by atoms with Crippen LogP contribution in [0.1, 0.15) is 26.7 Å². The molecule has 0 bridgehead atoms. The van der Waals surface area contributed by atoms with Gasteiger partial charge in [-0.05, 0) is 32.7 Å². The molecule has 1 aliphatic heterocycles. The molecular weight excluding hydrogens is 242 g/mol. The second-order valence-electron chi connectivity index (χ2n) is 5.47. The fraction of sp³-hybridized carbons (Fsp3) is 0.929. The molecule has 1 saturated heterocycles. The molecule has 1 rings (SSSR count). The van der Waals surface area contributed by atoms with Gasteiger partial charge >= 0.3 is 0 Å². The number of nitrogens with one attached hydrogen (secondary N) is 2. The summed E-state index contributed by atoms with van der Waals surface area (Å²) in [6.45, 7) is 7.61. The lowest BCUT2D eigenvalue weighted by atomic mass is 9.93. The molecule has 1 heterocycles. The quantitative estimate of drug-likeness (QED) is 0.661. The normalized spacial score (nSPS) is 26.1. The number of hydrogen-bond acceptors (Lipinski definition) is 4. The molecule has 0 radical (unpaired) electrons. The molecule has 3 unspecified atom stereocenters. The first kappa shape index (κ1) is 16.4. The average molecular weight is 271 g/mol. The van der Waals surface area contributed by atoms with Gasteiger partial charge in [0.1, 0.15) is 0 Å². The van der Waals surface area contributed by atoms with E-state index in [-0.39, 0.29) is 11.9 Å². The summed E-state index contributed by atoms with van der Waals surface area (Å²) in [5.74, 6) is 0.716. The molecular formula is C14H29N3O2. The largest absolute Gasteiger partial charge is 0.385 e. The van der Waals surface area contributed by atoms with E-state index in [0.717, 1.165) is 25.9 Å². The lowest BCUT2D eigenvalue weighted by molar-refractivity contribution is -0.126. The molecule has 1 fully saturated rings. The third-order valence-electron chi connectivity index (χ3n) is 4.06. The van der Waals surface area contributed by atoms with Crippen LogP contribution in [0.15, 0.2) is 0 Å². The second-order valence-corrected chi connectivity index (χ2v) is 5.47. The molecule has 1 amide bonds. The lowest BCUT2D eigenvalue weighted by Crippen LogP contribution is -2.54. The van der Waals surface area contributed by atoms with Crippen molar-refractivity contribution in [3.05, 3.63) is 0 Å². The SMILES string of the molecule is CNC1CCN(C(C)C(=O)NCCCOC)CC1C. The van der Waals surface area contributed by atoms with Crippen LogP contribution in [0.2, 0.25) is 0 Å². The van der Waals surface area contributed by atoms with E-state index in [9.17, 15) is 4.79 Å². The fourth-order valence-electron chi connectivity index (χ4n) is 2.70. The number of piperidine rings is 1. The zero-order valence-corrected chi connectivity index (χ0v) is 12.7. The smallest absolute Gasteiger partial charge is 0.237 e. The van der Waals surface area contributed by atoms with E-state index in [2.05, 4.69) is 22.5 Å². The number of likely N-dealkylation sites (tertiary alicyclic amines) is 1. The van der Waals surface area contributed by atoms with Crippen molar-refractivity contribution < 1.29 is 9.53 Å². The molecule has 1 aliphatic rings. The summed E-state index contributed by atoms with van der Waals surface area (Å²) in [7, 11) is 3.69. The zero-order chi connectivity index (χ0) is 14.3. The van der Waals surface area contributed by atoms with E-state index >= 15 is 0 Å². The summed E-state index contributed by atoms with van der Waals surface area (Å²) in [4.78, 5) is 14.3. The Morgan fingerprint density at radius 1 is 1.53 bits per heavy atom. The van der Waals surface area contributed by atoms with E-state index in [0.29, 0.717) is 25.1 Å². The van der Waals surface area contributed by atoms with Crippen LogP contribution in [0, 0.1) is 5.92 Å². The Balaban J connectivity index is 2.32. The standard InChI is InChI=1S/C14H29N3O2/c1-11-10-17(8-6-13(11)15-3)12(2)14(18)16-7-5-9-19-4/h11-13,15H,5-10H2,1-4H3,(H,16,18). The molecule has 5 heteroatoms. The predicted octanol–water partition coefficient (Wildman–Crippen LogP) is 0.457. The van der Waals surface area contributed by atoms with E-state index in [1.165, 1.54) is 0 Å². The van der Waals surface area contributed by atoms with Crippen molar-refractivity contribution in [2.45, 2.75) is 38.8 Å². The summed E-state index contributed by atoms with van der Waals surface area (Å²) in [6, 6.07) is 0.538. The first-order chi connectivity index (χ1) is 9.10. The van der Waals surface area contributed by atoms with Gasteiger partial charge in [0.25, 0.3) is 0 Å². The summed E-state index contributed by atoms with van der Waals surface area (Å²) in [6.07, 6.45) is 1.98. The summed E-state index contributed by atoms with van der Waals surface area (Å²) in [5, 5.41) is 6.33. The first-order valence-corrected chi connectivity index (χ1v) is 7.28. The number of carbonyl (C=O) groups excluding carboxylic acids is 1. The number of methoxy groups -OCH3 is 1. The van der Waals surface area contributed by atoms with Crippen molar-refractivity contribution in [2.75, 3.05) is 40.4 Å². The lowest BCUT2D eigenvalue weighted by Gasteiger charge is -2.39. The maximum atomic E-state index is 12.1. The monoisotopic (exact) mass is 271 g/mol. The molecule has 0 aromatic heterocycles. The topological polar surface area (TPSA) is 53.6 Å². The average Bonchev–Trinajstić information content (AvgIpc) is 2.42. The third-order valence-corrected chi connectivity index (χ3v) is 4.06. The molecule has 112 valence electrons. The van der Waals surface area contributed by atoms with Crippen molar-refractivity contribution in [1.82, 2.24) is 15.5 Å². The second kappa shape index (κ2) is 8.51. The van der Waals surface area contributed by atoms with Gasteiger partial charge in [0, 0.05) is 39.4 Å². The van der Waals surface area contributed by atoms with Crippen molar-refractivity contribution in [1.29, 1.82) is 0 Å². The molecule has 5 nitrogen and oxygen atoms in total. The van der Waals surface area contributed by atoms with Gasteiger partial charge in [-0.25, -0.2) is 0 Å². The van der Waals surface area contributed by atoms with Gasteiger partial charge in [-0.15, -0.1) is 0 Å². The summed E-state index contributed by atoms with van der Waals surface area (Å²) < 4.78 is 4.97. The molecule has 19 heavy (non-hydrogen) atoms. The molecule has 0 spiro atoms. The van der Waals surface area contributed by atoms with E-state index in [1.54, 1.807) is 7.11 Å². The Labute approximate surface area is 117 Å². The number of nitrogens with zero attached hydrogens (tertiary/aromatic N) is 1. The van der Waals surface area contributed by atoms with Crippen LogP contribution in [0.4, 0.5) is 0 Å². The molecule has 0 aromatic rings. The minimum Gasteiger partial charge on any atom is -0.385 e. The Morgan fingerprint density at radius 3 is 2.84 bits per heavy atom. The van der Waals surface area contributed by atoms with Crippen LogP contribution in [0.5, 0.6) is 0 Å². The highest BCUT2D eigenvalue weighted by molar-refractivity contribution is 5.81. The van der Waals surface area contributed by atoms with Crippen LogP contribution >= 0.6 is 0 Å². The highest BCUT2D eigenvalue weighted by Gasteiger charge is 2.29. The van der Waals surface area contributed by atoms with E-state index < -0.39 is 0 Å². The molecule has 3 atom stereocenters. The Morgan fingerprint density at radius 2 is 2.26 bits per heavy atom. The highest BCUT2D eigenvalue weighted by Crippen LogP contribution is 2.18. The molecule has 0 saturated carbocycles. The van der Waals surface area contributed by atoms with Crippen LogP contribution < -0.4 is 10.6 Å². The molecule has 0 aliphatic carbocycles. The van der Waals surface area contributed by atoms with Gasteiger partial charge in [0.15, 0.2) is 0 Å². The number of ether oxygens (including phenoxy) is 1. The summed E-state index contributed by atoms with van der Waals surface area (Å²) >= 11 is 0. The Bertz CT molecular complexity index is 273. The number of amides is 1. The maximum absolute atomic E-state index is 12.1. The zero-order valence-electron chi connectivity index (χ0n) is 12.7. The highest BCUT2D eigenvalue weighted by atomic mass is 16.5. The number of carbonyl (C=O) groups is 1. The van der Waals surface area contributed by atoms with Gasteiger partial charge in [-0.1, -0.05) is 6.92 Å². The van der Waals surface area contributed by atoms with Gasteiger partial charge in [-0.3, -0.25) is 9.69 Å². The fourth-order valence-corrected chi connectivity index (χ4v) is 2.70. The van der Waals surface area contributed by atoms with Gasteiger partial charge in [0.2, 0.25) is 5.91 Å². The van der Waals surface area contributed by atoms with E-state index in [1.807, 2.05) is 14.0 Å². The Hall–Kier alpha value is -0.650. The van der Waals surface area contributed by atoms with Gasteiger partial charge in [-0.2, -0.15) is 0 Å². The number of hydrogen-bond donors (Lipinski definition) is 2. The van der Waals surface area contributed by atoms with Crippen molar-refractivity contribution in [3.63, 3.8) is 0 Å². The molecule has 0 aromatic carbocycles. The van der Waals surface area contributed by atoms with Crippen LogP contribution in [-0.2, 0) is 9.53 Å². The minimum absolute atomic E-state index is 0.0391. The maximum Gasteiger partial charge on any atom is 0.237 e. The number of rotatable bonds is 7. The van der Waals surface area contributed by atoms with Gasteiger partial charge < -0.3 is 15.4 Å². The third kappa shape index (κ3) is 5.09. The predicted molar refractivity (Wildman–Crippen MR) is 77.2 cm³/mol. The van der Waals surface area contributed by atoms with E-state index in [4.69, 9.17) is 4.74 Å². The van der Waals surface area contributed by atoms with Crippen LogP contribution in [0.3, 0.4) is 0 Å². The van der Waals surface area contributed by atoms with Crippen molar-refractivity contribution in [3.8, 4) is 0 Å². The van der Waals surface area contributed by atoms with Gasteiger partial charge in [0.05, 0.1) is 6.04 Å².